The predicted molar refractivity (Wildman–Crippen MR) is 85.9 cm³/mol. The summed E-state index contributed by atoms with van der Waals surface area (Å²) >= 11 is 0. The molecule has 2 rings (SSSR count). The zero-order valence-corrected chi connectivity index (χ0v) is 12.8. The molecule has 2 N–H and O–H groups in total. The first-order valence-electron chi connectivity index (χ1n) is 7.75. The van der Waals surface area contributed by atoms with Gasteiger partial charge in [-0.2, -0.15) is 0 Å². The molecular weight excluding hydrogens is 260 g/mol. The van der Waals surface area contributed by atoms with E-state index < -0.39 is 0 Å². The average molecular weight is 284 g/mol. The molecule has 21 heavy (non-hydrogen) atoms. The van der Waals surface area contributed by atoms with E-state index in [1.807, 2.05) is 36.2 Å². The van der Waals surface area contributed by atoms with Crippen molar-refractivity contribution in [3.8, 4) is 11.8 Å². The summed E-state index contributed by atoms with van der Waals surface area (Å²) in [6.45, 7) is 1.22. The van der Waals surface area contributed by atoms with E-state index in [0.29, 0.717) is 12.5 Å². The molecule has 0 saturated heterocycles. The fourth-order valence-electron chi connectivity index (χ4n) is 2.91. The minimum Gasteiger partial charge on any atom is -0.341 e. The molecule has 0 aromatic heterocycles. The van der Waals surface area contributed by atoms with Gasteiger partial charge in [0, 0.05) is 24.7 Å². The molecule has 1 aromatic carbocycles. The molecule has 0 heterocycles. The Hall–Kier alpha value is -1.79. The van der Waals surface area contributed by atoms with Crippen LogP contribution >= 0.6 is 0 Å². The Kier molecular flexibility index (Phi) is 5.83. The Morgan fingerprint density at radius 1 is 1.24 bits per heavy atom. The smallest absolute Gasteiger partial charge is 0.253 e. The highest BCUT2D eigenvalue weighted by Gasteiger charge is 2.19. The van der Waals surface area contributed by atoms with Gasteiger partial charge in [-0.05, 0) is 43.0 Å². The molecule has 112 valence electrons. The maximum Gasteiger partial charge on any atom is 0.253 e. The summed E-state index contributed by atoms with van der Waals surface area (Å²) in [5.41, 5.74) is 6.97. The number of carbonyl (C=O) groups excluding carboxylic acids is 1. The van der Waals surface area contributed by atoms with Crippen LogP contribution in [0.25, 0.3) is 0 Å². The van der Waals surface area contributed by atoms with E-state index in [0.717, 1.165) is 17.7 Å². The molecule has 1 aromatic rings. The zero-order chi connectivity index (χ0) is 15.1. The highest BCUT2D eigenvalue weighted by Crippen LogP contribution is 2.24. The summed E-state index contributed by atoms with van der Waals surface area (Å²) in [6, 6.07) is 7.45. The molecule has 0 atom stereocenters. The Bertz CT molecular complexity index is 518. The van der Waals surface area contributed by atoms with Gasteiger partial charge in [0.25, 0.3) is 5.91 Å². The van der Waals surface area contributed by atoms with Crippen LogP contribution in [-0.2, 0) is 0 Å². The molecule has 1 aliphatic rings. The molecule has 1 saturated carbocycles. The lowest BCUT2D eigenvalue weighted by Crippen LogP contribution is -2.32. The van der Waals surface area contributed by atoms with Crippen molar-refractivity contribution in [3.05, 3.63) is 35.4 Å². The maximum atomic E-state index is 12.4. The molecular formula is C18H24N2O. The van der Waals surface area contributed by atoms with Gasteiger partial charge in [-0.15, -0.1) is 0 Å². The Morgan fingerprint density at radius 2 is 1.90 bits per heavy atom. The van der Waals surface area contributed by atoms with E-state index >= 15 is 0 Å². The number of nitrogens with zero attached hydrogens (tertiary/aromatic N) is 1. The third-order valence-electron chi connectivity index (χ3n) is 4.07. The topological polar surface area (TPSA) is 46.3 Å². The van der Waals surface area contributed by atoms with Gasteiger partial charge < -0.3 is 10.6 Å². The van der Waals surface area contributed by atoms with Gasteiger partial charge in [-0.25, -0.2) is 0 Å². The van der Waals surface area contributed by atoms with E-state index in [1.54, 1.807) is 0 Å². The summed E-state index contributed by atoms with van der Waals surface area (Å²) in [5, 5.41) is 0. The van der Waals surface area contributed by atoms with Crippen LogP contribution in [0.3, 0.4) is 0 Å². The Labute approximate surface area is 127 Å². The lowest BCUT2D eigenvalue weighted by Gasteiger charge is -2.27. The first-order valence-corrected chi connectivity index (χ1v) is 7.75. The van der Waals surface area contributed by atoms with Gasteiger partial charge in [0.2, 0.25) is 0 Å². The summed E-state index contributed by atoms with van der Waals surface area (Å²) in [7, 11) is 1.90. The van der Waals surface area contributed by atoms with Crippen molar-refractivity contribution in [3.63, 3.8) is 0 Å². The van der Waals surface area contributed by atoms with E-state index in [4.69, 9.17) is 5.73 Å². The Morgan fingerprint density at radius 3 is 2.52 bits per heavy atom. The summed E-state index contributed by atoms with van der Waals surface area (Å²) in [5.74, 6) is 6.54. The average Bonchev–Trinajstić information content (AvgIpc) is 2.53. The minimum absolute atomic E-state index is 0.0962. The van der Waals surface area contributed by atoms with Crippen LogP contribution in [0.15, 0.2) is 24.3 Å². The van der Waals surface area contributed by atoms with Crippen molar-refractivity contribution in [1.29, 1.82) is 0 Å². The standard InChI is InChI=1S/C18H24N2O/c1-20(14-16-6-3-2-4-7-16)18(21)17-11-9-15(10-12-17)8-5-13-19/h9-12,16H,2-4,6-7,13-14,19H2,1H3. The van der Waals surface area contributed by atoms with Crippen LogP contribution < -0.4 is 5.73 Å². The fraction of sp³-hybridized carbons (Fsp3) is 0.500. The number of nitrogens with two attached hydrogens (primary N) is 1. The van der Waals surface area contributed by atoms with E-state index in [9.17, 15) is 4.79 Å². The normalized spacial score (nSPS) is 15.1. The van der Waals surface area contributed by atoms with Crippen LogP contribution in [0, 0.1) is 17.8 Å². The predicted octanol–water partition coefficient (Wildman–Crippen LogP) is 2.65. The second kappa shape index (κ2) is 7.85. The van der Waals surface area contributed by atoms with Gasteiger partial charge in [-0.1, -0.05) is 31.1 Å². The number of hydrogen-bond acceptors (Lipinski definition) is 2. The molecule has 3 heteroatoms. The van der Waals surface area contributed by atoms with Crippen LogP contribution in [-0.4, -0.2) is 30.9 Å². The lowest BCUT2D eigenvalue weighted by atomic mass is 9.89. The van der Waals surface area contributed by atoms with Crippen LogP contribution in [0.1, 0.15) is 48.0 Å². The largest absolute Gasteiger partial charge is 0.341 e. The molecule has 0 spiro atoms. The molecule has 0 bridgehead atoms. The van der Waals surface area contributed by atoms with Gasteiger partial charge in [0.05, 0.1) is 6.54 Å². The van der Waals surface area contributed by atoms with Gasteiger partial charge in [0.15, 0.2) is 0 Å². The fourth-order valence-corrected chi connectivity index (χ4v) is 2.91. The van der Waals surface area contributed by atoms with Crippen LogP contribution in [0.2, 0.25) is 0 Å². The quantitative estimate of drug-likeness (QED) is 0.867. The molecule has 0 unspecified atom stereocenters. The third kappa shape index (κ3) is 4.61. The lowest BCUT2D eigenvalue weighted by molar-refractivity contribution is 0.0760. The SMILES string of the molecule is CN(CC1CCCCC1)C(=O)c1ccc(C#CCN)cc1. The number of hydrogen-bond donors (Lipinski definition) is 1. The van der Waals surface area contributed by atoms with Crippen molar-refractivity contribution in [1.82, 2.24) is 4.90 Å². The second-order valence-corrected chi connectivity index (χ2v) is 5.77. The number of amides is 1. The number of carbonyl (C=O) groups is 1. The molecule has 1 amide bonds. The summed E-state index contributed by atoms with van der Waals surface area (Å²) < 4.78 is 0. The van der Waals surface area contributed by atoms with Gasteiger partial charge in [-0.3, -0.25) is 4.79 Å². The van der Waals surface area contributed by atoms with Crippen molar-refractivity contribution in [2.75, 3.05) is 20.1 Å². The molecule has 1 aliphatic carbocycles. The minimum atomic E-state index is 0.0962. The maximum absolute atomic E-state index is 12.4. The molecule has 3 nitrogen and oxygen atoms in total. The first kappa shape index (κ1) is 15.6. The van der Waals surface area contributed by atoms with Gasteiger partial charge >= 0.3 is 0 Å². The second-order valence-electron chi connectivity index (χ2n) is 5.77. The highest BCUT2D eigenvalue weighted by atomic mass is 16.2. The summed E-state index contributed by atoms with van der Waals surface area (Å²) in [4.78, 5) is 14.3. The van der Waals surface area contributed by atoms with Gasteiger partial charge in [0.1, 0.15) is 0 Å². The van der Waals surface area contributed by atoms with Crippen molar-refractivity contribution < 1.29 is 4.79 Å². The van der Waals surface area contributed by atoms with Crippen molar-refractivity contribution >= 4 is 5.91 Å². The summed E-state index contributed by atoms with van der Waals surface area (Å²) in [6.07, 6.45) is 6.47. The Balaban J connectivity index is 1.94. The highest BCUT2D eigenvalue weighted by molar-refractivity contribution is 5.94. The number of rotatable bonds is 3. The van der Waals surface area contributed by atoms with Crippen molar-refractivity contribution in [2.45, 2.75) is 32.1 Å². The first-order chi connectivity index (χ1) is 10.2. The molecule has 0 aliphatic heterocycles. The molecule has 0 radical (unpaired) electrons. The van der Waals surface area contributed by atoms with E-state index in [1.165, 1.54) is 32.1 Å². The monoisotopic (exact) mass is 284 g/mol. The third-order valence-corrected chi connectivity index (χ3v) is 4.07. The van der Waals surface area contributed by atoms with Crippen LogP contribution in [0.4, 0.5) is 0 Å². The van der Waals surface area contributed by atoms with Crippen molar-refractivity contribution in [2.24, 2.45) is 11.7 Å². The molecule has 1 fully saturated rings. The van der Waals surface area contributed by atoms with E-state index in [-0.39, 0.29) is 5.91 Å². The zero-order valence-electron chi connectivity index (χ0n) is 12.8. The van der Waals surface area contributed by atoms with E-state index in [2.05, 4.69) is 11.8 Å². The number of benzene rings is 1. The van der Waals surface area contributed by atoms with Crippen LogP contribution in [0.5, 0.6) is 0 Å².